The highest BCUT2D eigenvalue weighted by Gasteiger charge is 2.34. The zero-order chi connectivity index (χ0) is 27.6. The van der Waals surface area contributed by atoms with Gasteiger partial charge in [-0.3, -0.25) is 19.5 Å². The molecule has 0 saturated heterocycles. The number of fused-ring (bicyclic) bond motifs is 3. The van der Waals surface area contributed by atoms with E-state index in [1.165, 1.54) is 15.7 Å². The molecule has 0 spiro atoms. The summed E-state index contributed by atoms with van der Waals surface area (Å²) in [5.41, 5.74) is 2.75. The third-order valence-corrected chi connectivity index (χ3v) is 8.38. The molecule has 6 rings (SSSR count). The average molecular weight is 548 g/mol. The van der Waals surface area contributed by atoms with Crippen LogP contribution in [0.5, 0.6) is 5.75 Å². The van der Waals surface area contributed by atoms with E-state index in [-0.39, 0.29) is 17.9 Å². The molecule has 0 saturated carbocycles. The number of carbonyl (C=O) groups is 2. The molecule has 1 N–H and O–H groups in total. The molecule has 1 aliphatic rings. The molecule has 40 heavy (non-hydrogen) atoms. The molecule has 2 amide bonds. The number of rotatable bonds is 9. The van der Waals surface area contributed by atoms with Gasteiger partial charge < -0.3 is 10.1 Å². The monoisotopic (exact) mass is 547 g/mol. The van der Waals surface area contributed by atoms with E-state index in [0.29, 0.717) is 24.1 Å². The molecule has 1 aromatic heterocycles. The van der Waals surface area contributed by atoms with Gasteiger partial charge in [-0.1, -0.05) is 54.2 Å². The standard InChI is InChI=1S/C33H29N3O3S/c1-21(9-8-18-36-32(37)25-12-5-6-13-26(25)33(36)38)35-28-20-29(39-2)31(27-14-7-17-34-30(27)28)40-24-16-15-22-10-3-4-11-23(22)19-24/h3-7,10-17,19-21,35H,8-9,18H2,1-2H3. The zero-order valence-electron chi connectivity index (χ0n) is 22.4. The van der Waals surface area contributed by atoms with Gasteiger partial charge in [-0.2, -0.15) is 0 Å². The van der Waals surface area contributed by atoms with Crippen LogP contribution < -0.4 is 10.1 Å². The number of hydrogen-bond acceptors (Lipinski definition) is 6. The first kappa shape index (κ1) is 25.9. The number of anilines is 1. The summed E-state index contributed by atoms with van der Waals surface area (Å²) in [6.45, 7) is 2.49. The lowest BCUT2D eigenvalue weighted by Gasteiger charge is -2.20. The van der Waals surface area contributed by atoms with Crippen molar-refractivity contribution < 1.29 is 14.3 Å². The van der Waals surface area contributed by atoms with Crippen molar-refractivity contribution >= 4 is 50.9 Å². The molecular weight excluding hydrogens is 518 g/mol. The second kappa shape index (κ2) is 11.0. The number of amides is 2. The van der Waals surface area contributed by atoms with Gasteiger partial charge in [-0.25, -0.2) is 0 Å². The number of aromatic nitrogens is 1. The fourth-order valence-corrected chi connectivity index (χ4v) is 6.33. The van der Waals surface area contributed by atoms with Crippen LogP contribution in [0.25, 0.3) is 21.7 Å². The second-order valence-corrected chi connectivity index (χ2v) is 11.0. The van der Waals surface area contributed by atoms with Crippen LogP contribution in [0.15, 0.2) is 101 Å². The normalized spacial score (nSPS) is 13.6. The number of carbonyl (C=O) groups excluding carboxylic acids is 2. The quantitative estimate of drug-likeness (QED) is 0.194. The Balaban J connectivity index is 1.19. The molecule has 6 nitrogen and oxygen atoms in total. The van der Waals surface area contributed by atoms with E-state index < -0.39 is 0 Å². The molecular formula is C33H29N3O3S. The summed E-state index contributed by atoms with van der Waals surface area (Å²) in [5.74, 6) is 0.362. The molecule has 5 aromatic rings. The topological polar surface area (TPSA) is 71.5 Å². The van der Waals surface area contributed by atoms with E-state index in [9.17, 15) is 9.59 Å². The van der Waals surface area contributed by atoms with Crippen LogP contribution in [-0.2, 0) is 0 Å². The van der Waals surface area contributed by atoms with Gasteiger partial charge in [-0.05, 0) is 66.9 Å². The van der Waals surface area contributed by atoms with Gasteiger partial charge in [0.2, 0.25) is 0 Å². The fourth-order valence-electron chi connectivity index (χ4n) is 5.25. The molecule has 0 radical (unpaired) electrons. The second-order valence-electron chi connectivity index (χ2n) is 9.96. The van der Waals surface area contributed by atoms with E-state index in [2.05, 4.69) is 60.8 Å². The Morgan fingerprint density at radius 3 is 2.38 bits per heavy atom. The van der Waals surface area contributed by atoms with Gasteiger partial charge in [0.15, 0.2) is 0 Å². The number of pyridine rings is 1. The Morgan fingerprint density at radius 1 is 0.900 bits per heavy atom. The molecule has 4 aromatic carbocycles. The van der Waals surface area contributed by atoms with Crippen LogP contribution in [0.3, 0.4) is 0 Å². The maximum atomic E-state index is 12.7. The van der Waals surface area contributed by atoms with Crippen LogP contribution in [0.4, 0.5) is 5.69 Å². The number of hydrogen-bond donors (Lipinski definition) is 1. The van der Waals surface area contributed by atoms with Crippen molar-refractivity contribution in [1.82, 2.24) is 9.88 Å². The highest BCUT2D eigenvalue weighted by atomic mass is 32.2. The number of imide groups is 1. The third-order valence-electron chi connectivity index (χ3n) is 7.27. The van der Waals surface area contributed by atoms with Crippen LogP contribution in [0, 0.1) is 0 Å². The van der Waals surface area contributed by atoms with E-state index >= 15 is 0 Å². The SMILES string of the molecule is COc1cc(NC(C)CCCN2C(=O)c3ccccc3C2=O)c2ncccc2c1Sc1ccc2ccccc2c1. The van der Waals surface area contributed by atoms with Gasteiger partial charge >= 0.3 is 0 Å². The van der Waals surface area contributed by atoms with Crippen molar-refractivity contribution in [3.05, 3.63) is 102 Å². The van der Waals surface area contributed by atoms with Gasteiger partial charge in [0.05, 0.1) is 34.3 Å². The predicted molar refractivity (Wildman–Crippen MR) is 160 cm³/mol. The molecule has 1 unspecified atom stereocenters. The highest BCUT2D eigenvalue weighted by Crippen LogP contribution is 2.43. The smallest absolute Gasteiger partial charge is 0.261 e. The Bertz CT molecular complexity index is 1720. The van der Waals surface area contributed by atoms with Crippen LogP contribution in [0.2, 0.25) is 0 Å². The molecule has 0 bridgehead atoms. The maximum Gasteiger partial charge on any atom is 0.261 e. The van der Waals surface area contributed by atoms with E-state index in [4.69, 9.17) is 9.72 Å². The Labute approximate surface area is 237 Å². The lowest BCUT2D eigenvalue weighted by atomic mass is 10.1. The van der Waals surface area contributed by atoms with Gasteiger partial charge in [0, 0.05) is 35.1 Å². The summed E-state index contributed by atoms with van der Waals surface area (Å²) >= 11 is 1.67. The number of ether oxygens (including phenoxy) is 1. The largest absolute Gasteiger partial charge is 0.495 e. The van der Waals surface area contributed by atoms with Crippen molar-refractivity contribution in [2.24, 2.45) is 0 Å². The number of nitrogens with one attached hydrogen (secondary N) is 1. The minimum Gasteiger partial charge on any atom is -0.495 e. The lowest BCUT2D eigenvalue weighted by Crippen LogP contribution is -2.31. The summed E-state index contributed by atoms with van der Waals surface area (Å²) < 4.78 is 5.87. The van der Waals surface area contributed by atoms with Gasteiger partial charge in [0.25, 0.3) is 11.8 Å². The van der Waals surface area contributed by atoms with Crippen molar-refractivity contribution in [3.63, 3.8) is 0 Å². The Morgan fingerprint density at radius 2 is 1.62 bits per heavy atom. The molecule has 200 valence electrons. The molecule has 7 heteroatoms. The molecule has 1 aliphatic heterocycles. The van der Waals surface area contributed by atoms with Crippen molar-refractivity contribution in [2.75, 3.05) is 19.0 Å². The molecule has 0 aliphatic carbocycles. The summed E-state index contributed by atoms with van der Waals surface area (Å²) in [6.07, 6.45) is 3.27. The summed E-state index contributed by atoms with van der Waals surface area (Å²) in [7, 11) is 1.69. The van der Waals surface area contributed by atoms with Crippen LogP contribution in [-0.4, -0.2) is 41.4 Å². The first-order valence-corrected chi connectivity index (χ1v) is 14.2. The van der Waals surface area contributed by atoms with Crippen molar-refractivity contribution in [2.45, 2.75) is 35.6 Å². The molecule has 2 heterocycles. The summed E-state index contributed by atoms with van der Waals surface area (Å²) in [5, 5.41) is 7.02. The summed E-state index contributed by atoms with van der Waals surface area (Å²) in [6, 6.07) is 28.0. The first-order chi connectivity index (χ1) is 19.5. The lowest BCUT2D eigenvalue weighted by molar-refractivity contribution is 0.0651. The first-order valence-electron chi connectivity index (χ1n) is 13.4. The van der Waals surface area contributed by atoms with E-state index in [1.54, 1.807) is 49.3 Å². The van der Waals surface area contributed by atoms with Gasteiger partial charge in [0.1, 0.15) is 5.75 Å². The maximum absolute atomic E-state index is 12.7. The number of nitrogens with zero attached hydrogens (tertiary/aromatic N) is 2. The highest BCUT2D eigenvalue weighted by molar-refractivity contribution is 7.99. The Kier molecular flexibility index (Phi) is 7.13. The number of methoxy groups -OCH3 is 1. The van der Waals surface area contributed by atoms with Crippen LogP contribution in [0.1, 0.15) is 40.5 Å². The predicted octanol–water partition coefficient (Wildman–Crippen LogP) is 7.42. The number of benzene rings is 4. The van der Waals surface area contributed by atoms with Gasteiger partial charge in [-0.15, -0.1) is 0 Å². The fraction of sp³-hybridized carbons (Fsp3) is 0.182. The zero-order valence-corrected chi connectivity index (χ0v) is 23.2. The third kappa shape index (κ3) is 4.89. The average Bonchev–Trinajstić information content (AvgIpc) is 3.23. The minimum absolute atomic E-state index is 0.0871. The molecule has 1 atom stereocenters. The Hall–Kier alpha value is -4.36. The van der Waals surface area contributed by atoms with E-state index in [1.807, 2.05) is 12.1 Å². The van der Waals surface area contributed by atoms with Crippen LogP contribution >= 0.6 is 11.8 Å². The minimum atomic E-state index is -0.208. The van der Waals surface area contributed by atoms with Crippen molar-refractivity contribution in [1.29, 1.82) is 0 Å². The summed E-state index contributed by atoms with van der Waals surface area (Å²) in [4.78, 5) is 33.6. The van der Waals surface area contributed by atoms with E-state index in [0.717, 1.165) is 38.6 Å². The van der Waals surface area contributed by atoms with Crippen molar-refractivity contribution in [3.8, 4) is 5.75 Å². The molecule has 0 fully saturated rings.